The zero-order chi connectivity index (χ0) is 49.6. The van der Waals surface area contributed by atoms with Crippen molar-refractivity contribution in [2.45, 2.75) is 247 Å². The molecule has 3 saturated carbocycles. The quantitative estimate of drug-likeness (QED) is 0.0354. The summed E-state index contributed by atoms with van der Waals surface area (Å²) in [6.07, 6.45) is 23.5. The second-order valence-electron chi connectivity index (χ2n) is 22.5. The predicted molar refractivity (Wildman–Crippen MR) is 264 cm³/mol. The fraction of sp³-hybridized carbons (Fsp3) is 0.842. The van der Waals surface area contributed by atoms with Crippen LogP contribution in [-0.4, -0.2) is 73.1 Å². The Hall–Kier alpha value is -3.05. The molecule has 0 amide bonds. The summed E-state index contributed by atoms with van der Waals surface area (Å²) in [5.41, 5.74) is 1.04. The number of unbranched alkanes of at least 4 members (excludes halogenated alkanes) is 12. The fourth-order valence-electron chi connectivity index (χ4n) is 13.5. The molecule has 11 heteroatoms. The lowest BCUT2D eigenvalue weighted by Gasteiger charge is -2.57. The first kappa shape index (κ1) is 55.9. The Kier molecular flexibility index (Phi) is 21.7. The van der Waals surface area contributed by atoms with Gasteiger partial charge in [0.2, 0.25) is 0 Å². The second kappa shape index (κ2) is 26.4. The van der Waals surface area contributed by atoms with Crippen molar-refractivity contribution in [1.82, 2.24) is 0 Å². The van der Waals surface area contributed by atoms with Crippen LogP contribution >= 0.6 is 0 Å². The number of fused-ring (bicyclic) bond motifs is 5. The van der Waals surface area contributed by atoms with E-state index in [2.05, 4.69) is 60.6 Å². The molecule has 0 aromatic rings. The number of ether oxygens (including phenoxy) is 6. The molecular formula is C57H92O11. The number of carbonyl (C=O) groups excluding carboxylic acids is 5. The first-order valence-electron chi connectivity index (χ1n) is 27.3. The minimum atomic E-state index is -1.30. The number of hydrogen-bond acceptors (Lipinski definition) is 11. The van der Waals surface area contributed by atoms with Crippen LogP contribution in [0.3, 0.4) is 0 Å². The van der Waals surface area contributed by atoms with E-state index >= 15 is 0 Å². The highest BCUT2D eigenvalue weighted by molar-refractivity contribution is 5.94. The van der Waals surface area contributed by atoms with Crippen molar-refractivity contribution in [1.29, 1.82) is 0 Å². The molecule has 1 heterocycles. The first-order chi connectivity index (χ1) is 32.4. The summed E-state index contributed by atoms with van der Waals surface area (Å²) in [6, 6.07) is 0. The largest absolute Gasteiger partial charge is 0.463 e. The molecule has 14 unspecified atom stereocenters. The Morgan fingerprint density at radius 3 is 1.90 bits per heavy atom. The van der Waals surface area contributed by atoms with E-state index in [1.54, 1.807) is 0 Å². The van der Waals surface area contributed by atoms with Crippen LogP contribution in [0.1, 0.15) is 210 Å². The molecule has 0 aromatic heterocycles. The first-order valence-corrected chi connectivity index (χ1v) is 27.3. The second-order valence-corrected chi connectivity index (χ2v) is 22.5. The van der Waals surface area contributed by atoms with Crippen molar-refractivity contribution >= 4 is 29.7 Å². The smallest absolute Gasteiger partial charge is 0.305 e. The van der Waals surface area contributed by atoms with Gasteiger partial charge in [-0.15, -0.1) is 0 Å². The number of allylic oxidation sites excluding steroid dienone is 3. The highest BCUT2D eigenvalue weighted by Gasteiger charge is 2.62. The zero-order valence-corrected chi connectivity index (χ0v) is 44.0. The topological polar surface area (TPSA) is 141 Å². The van der Waals surface area contributed by atoms with Gasteiger partial charge < -0.3 is 28.4 Å². The lowest BCUT2D eigenvalue weighted by Crippen LogP contribution is -2.63. The van der Waals surface area contributed by atoms with Crippen molar-refractivity contribution in [3.05, 3.63) is 23.8 Å². The maximum absolute atomic E-state index is 14.5. The van der Waals surface area contributed by atoms with Gasteiger partial charge in [0.05, 0.1) is 6.10 Å². The third-order valence-corrected chi connectivity index (χ3v) is 17.3. The summed E-state index contributed by atoms with van der Waals surface area (Å²) in [6.45, 7) is 19.7. The molecule has 0 aromatic carbocycles. The molecule has 4 fully saturated rings. The summed E-state index contributed by atoms with van der Waals surface area (Å²) >= 11 is 0. The van der Waals surface area contributed by atoms with Crippen molar-refractivity contribution in [3.8, 4) is 0 Å². The van der Waals surface area contributed by atoms with Gasteiger partial charge in [0.15, 0.2) is 30.4 Å². The molecule has 5 aliphatic rings. The molecule has 4 aliphatic carbocycles. The highest BCUT2D eigenvalue weighted by Crippen LogP contribution is 2.66. The number of rotatable bonds is 26. The number of esters is 4. The summed E-state index contributed by atoms with van der Waals surface area (Å²) in [7, 11) is 0. The predicted octanol–water partition coefficient (Wildman–Crippen LogP) is 12.5. The van der Waals surface area contributed by atoms with Gasteiger partial charge in [0, 0.05) is 33.1 Å². The van der Waals surface area contributed by atoms with E-state index in [9.17, 15) is 24.0 Å². The van der Waals surface area contributed by atoms with Crippen LogP contribution in [0.4, 0.5) is 0 Å². The van der Waals surface area contributed by atoms with E-state index in [-0.39, 0.29) is 41.5 Å². The molecule has 1 aliphatic heterocycles. The summed E-state index contributed by atoms with van der Waals surface area (Å²) < 4.78 is 36.1. The van der Waals surface area contributed by atoms with Crippen molar-refractivity contribution in [2.24, 2.45) is 52.3 Å². The maximum atomic E-state index is 14.5. The van der Waals surface area contributed by atoms with Crippen LogP contribution in [0.5, 0.6) is 0 Å². The fourth-order valence-corrected chi connectivity index (χ4v) is 13.5. The Labute approximate surface area is 410 Å². The van der Waals surface area contributed by atoms with Gasteiger partial charge in [0.1, 0.15) is 12.7 Å². The Morgan fingerprint density at radius 2 is 1.31 bits per heavy atom. The maximum Gasteiger partial charge on any atom is 0.305 e. The average Bonchev–Trinajstić information content (AvgIpc) is 3.63. The molecule has 14 atom stereocenters. The number of hydrogen-bond donors (Lipinski definition) is 0. The molecule has 0 bridgehead atoms. The van der Waals surface area contributed by atoms with Crippen molar-refractivity contribution in [3.63, 3.8) is 0 Å². The summed E-state index contributed by atoms with van der Waals surface area (Å²) in [5, 5.41) is 0. The minimum absolute atomic E-state index is 0.00549. The highest BCUT2D eigenvalue weighted by atomic mass is 16.7. The molecule has 386 valence electrons. The molecule has 0 N–H and O–H groups in total. The SMILES string of the molecule is CCCCCCCCCCCCCCCC(=O)OCC1OC(OC2CCC3(C)C(=CC(=O)C4C3CCC3(C)C(C(C)C=CC(CC)C(C)C)CCC43)C2)C(OC(C)=O)C(OC(C)=O)C1OC(C)=O. The van der Waals surface area contributed by atoms with E-state index in [1.807, 2.05) is 6.08 Å². The third-order valence-electron chi connectivity index (χ3n) is 17.3. The van der Waals surface area contributed by atoms with Crippen LogP contribution in [-0.2, 0) is 52.4 Å². The normalized spacial score (nSPS) is 33.2. The summed E-state index contributed by atoms with van der Waals surface area (Å²) in [5.74, 6) is 0.637. The van der Waals surface area contributed by atoms with Gasteiger partial charge in [-0.2, -0.15) is 0 Å². The van der Waals surface area contributed by atoms with E-state index in [0.717, 1.165) is 63.4 Å². The van der Waals surface area contributed by atoms with Crippen molar-refractivity contribution < 1.29 is 52.4 Å². The van der Waals surface area contributed by atoms with E-state index < -0.39 is 60.7 Å². The average molecular weight is 953 g/mol. The lowest BCUT2D eigenvalue weighted by molar-refractivity contribution is -0.318. The molecule has 68 heavy (non-hydrogen) atoms. The van der Waals surface area contributed by atoms with Crippen LogP contribution in [0.15, 0.2) is 23.8 Å². The van der Waals surface area contributed by atoms with Crippen LogP contribution < -0.4 is 0 Å². The van der Waals surface area contributed by atoms with Gasteiger partial charge in [-0.1, -0.05) is 143 Å². The summed E-state index contributed by atoms with van der Waals surface area (Å²) in [4.78, 5) is 65.3. The number of ketones is 1. The van der Waals surface area contributed by atoms with Gasteiger partial charge in [-0.3, -0.25) is 24.0 Å². The molecule has 0 spiro atoms. The molecule has 11 nitrogen and oxygen atoms in total. The molecule has 1 saturated heterocycles. The van der Waals surface area contributed by atoms with E-state index in [4.69, 9.17) is 28.4 Å². The van der Waals surface area contributed by atoms with Crippen LogP contribution in [0.2, 0.25) is 0 Å². The minimum Gasteiger partial charge on any atom is -0.463 e. The monoisotopic (exact) mass is 953 g/mol. The zero-order valence-electron chi connectivity index (χ0n) is 44.0. The van der Waals surface area contributed by atoms with Gasteiger partial charge in [-0.05, 0) is 110 Å². The molecular weight excluding hydrogens is 861 g/mol. The Morgan fingerprint density at radius 1 is 0.721 bits per heavy atom. The van der Waals surface area contributed by atoms with Crippen molar-refractivity contribution in [2.75, 3.05) is 6.61 Å². The van der Waals surface area contributed by atoms with Gasteiger partial charge in [0.25, 0.3) is 0 Å². The van der Waals surface area contributed by atoms with E-state index in [1.165, 1.54) is 78.6 Å². The van der Waals surface area contributed by atoms with Crippen LogP contribution in [0.25, 0.3) is 0 Å². The third kappa shape index (κ3) is 14.5. The van der Waals surface area contributed by atoms with Crippen LogP contribution in [0, 0.1) is 52.3 Å². The lowest BCUT2D eigenvalue weighted by atomic mass is 9.46. The Balaban J connectivity index is 1.22. The van der Waals surface area contributed by atoms with Gasteiger partial charge >= 0.3 is 23.9 Å². The standard InChI is InChI=1S/C57H92O11/c1-11-13-14-15-16-17-18-19-20-21-22-23-24-25-50(62)63-36-49-52(64-39(6)58)53(65-40(7)59)54(66-41(8)60)55(68-49)67-44-30-32-56(9)43(34-44)35-48(61)51-46-29-28-45(57(46,10)33-31-47(51)56)38(5)26-27-42(12-2)37(3)4/h26-27,35,37-38,42,44-47,49,51-55H,11-25,28-34,36H2,1-10H3. The number of carbonyl (C=O) groups is 5. The van der Waals surface area contributed by atoms with E-state index in [0.29, 0.717) is 48.9 Å². The Bertz CT molecular complexity index is 1720. The molecule has 5 rings (SSSR count). The molecule has 0 radical (unpaired) electrons. The van der Waals surface area contributed by atoms with Gasteiger partial charge in [-0.25, -0.2) is 0 Å².